The van der Waals surface area contributed by atoms with Crippen LogP contribution in [0.1, 0.15) is 16.9 Å². The number of anilines is 2. The zero-order valence-corrected chi connectivity index (χ0v) is 10.4. The van der Waals surface area contributed by atoms with E-state index in [2.05, 4.69) is 42.1 Å². The van der Waals surface area contributed by atoms with E-state index in [9.17, 15) is 0 Å². The van der Waals surface area contributed by atoms with Gasteiger partial charge in [-0.25, -0.2) is 0 Å². The van der Waals surface area contributed by atoms with Gasteiger partial charge in [-0.3, -0.25) is 0 Å². The molecule has 1 aromatic heterocycles. The summed E-state index contributed by atoms with van der Waals surface area (Å²) in [7, 11) is 2.02. The summed E-state index contributed by atoms with van der Waals surface area (Å²) in [5.74, 6) is 1.19. The minimum Gasteiger partial charge on any atom is -0.381 e. The van der Waals surface area contributed by atoms with Gasteiger partial charge in [0.2, 0.25) is 0 Å². The summed E-state index contributed by atoms with van der Waals surface area (Å²) in [6.45, 7) is 4.88. The van der Waals surface area contributed by atoms with E-state index in [1.54, 1.807) is 6.07 Å². The van der Waals surface area contributed by atoms with E-state index in [0.29, 0.717) is 12.4 Å². The number of hydrogen-bond donors (Lipinski definition) is 1. The Morgan fingerprint density at radius 2 is 2.00 bits per heavy atom. The Balaban J connectivity index is 2.14. The van der Waals surface area contributed by atoms with E-state index < -0.39 is 0 Å². The number of nitrogens with zero attached hydrogens (tertiary/aromatic N) is 2. The molecular weight excluding hydrogens is 214 g/mol. The molecule has 2 N–H and O–H groups in total. The summed E-state index contributed by atoms with van der Waals surface area (Å²) >= 11 is 0. The largest absolute Gasteiger partial charge is 0.381 e. The molecule has 0 saturated carbocycles. The molecule has 0 unspecified atom stereocenters. The van der Waals surface area contributed by atoms with Gasteiger partial charge in [0, 0.05) is 18.8 Å². The molecule has 2 aromatic rings. The molecule has 2 rings (SSSR count). The van der Waals surface area contributed by atoms with Crippen LogP contribution in [-0.4, -0.2) is 12.2 Å². The smallest absolute Gasteiger partial charge is 0.167 e. The first-order valence-electron chi connectivity index (χ1n) is 5.55. The first kappa shape index (κ1) is 11.5. The lowest BCUT2D eigenvalue weighted by molar-refractivity contribution is 0.385. The second-order valence-electron chi connectivity index (χ2n) is 4.34. The van der Waals surface area contributed by atoms with Gasteiger partial charge in [0.05, 0.1) is 6.54 Å². The third-order valence-corrected chi connectivity index (χ3v) is 2.90. The van der Waals surface area contributed by atoms with E-state index >= 15 is 0 Å². The molecule has 1 aromatic carbocycles. The molecule has 1 heterocycles. The summed E-state index contributed by atoms with van der Waals surface area (Å²) in [4.78, 5) is 2.10. The van der Waals surface area contributed by atoms with Gasteiger partial charge < -0.3 is 15.2 Å². The van der Waals surface area contributed by atoms with E-state index in [-0.39, 0.29) is 0 Å². The van der Waals surface area contributed by atoms with Crippen LogP contribution in [0.4, 0.5) is 11.5 Å². The maximum Gasteiger partial charge on any atom is 0.167 e. The van der Waals surface area contributed by atoms with Crippen LogP contribution in [0, 0.1) is 13.8 Å². The Morgan fingerprint density at radius 3 is 2.59 bits per heavy atom. The lowest BCUT2D eigenvalue weighted by atomic mass is 10.1. The van der Waals surface area contributed by atoms with Crippen molar-refractivity contribution < 1.29 is 4.52 Å². The Labute approximate surface area is 101 Å². The molecular formula is C13H17N3O. The van der Waals surface area contributed by atoms with Crippen molar-refractivity contribution in [1.29, 1.82) is 0 Å². The average Bonchev–Trinajstić information content (AvgIpc) is 2.68. The van der Waals surface area contributed by atoms with E-state index in [4.69, 9.17) is 10.3 Å². The van der Waals surface area contributed by atoms with Crippen molar-refractivity contribution in [1.82, 2.24) is 5.16 Å². The molecule has 0 aliphatic rings. The predicted molar refractivity (Wildman–Crippen MR) is 68.9 cm³/mol. The standard InChI is InChI=1S/C13H17N3O/c1-9-4-5-11(6-10(9)2)16(3)8-12-7-13(14)15-17-12/h4-7H,8H2,1-3H3,(H2,14,15). The zero-order chi connectivity index (χ0) is 12.4. The number of nitrogens with two attached hydrogens (primary N) is 1. The molecule has 90 valence electrons. The zero-order valence-electron chi connectivity index (χ0n) is 10.4. The maximum absolute atomic E-state index is 5.51. The van der Waals surface area contributed by atoms with Crippen molar-refractivity contribution in [3.63, 3.8) is 0 Å². The monoisotopic (exact) mass is 231 g/mol. The molecule has 0 radical (unpaired) electrons. The first-order chi connectivity index (χ1) is 8.06. The number of aromatic nitrogens is 1. The topological polar surface area (TPSA) is 55.3 Å². The first-order valence-corrected chi connectivity index (χ1v) is 5.55. The summed E-state index contributed by atoms with van der Waals surface area (Å²) in [5.41, 5.74) is 9.25. The van der Waals surface area contributed by atoms with E-state index in [1.165, 1.54) is 11.1 Å². The second kappa shape index (κ2) is 4.49. The second-order valence-corrected chi connectivity index (χ2v) is 4.34. The third-order valence-electron chi connectivity index (χ3n) is 2.90. The van der Waals surface area contributed by atoms with Crippen LogP contribution in [-0.2, 0) is 6.54 Å². The molecule has 4 heteroatoms. The molecule has 0 fully saturated rings. The molecule has 0 bridgehead atoms. The highest BCUT2D eigenvalue weighted by Crippen LogP contribution is 2.19. The van der Waals surface area contributed by atoms with Gasteiger partial charge in [-0.15, -0.1) is 0 Å². The minimum absolute atomic E-state index is 0.425. The molecule has 0 spiro atoms. The predicted octanol–water partition coefficient (Wildman–Crippen LogP) is 2.51. The SMILES string of the molecule is Cc1ccc(N(C)Cc2cc(N)no2)cc1C. The van der Waals surface area contributed by atoms with Crippen LogP contribution in [0.5, 0.6) is 0 Å². The number of nitrogen functional groups attached to an aromatic ring is 1. The molecule has 0 atom stereocenters. The van der Waals surface area contributed by atoms with Crippen LogP contribution in [0.15, 0.2) is 28.8 Å². The average molecular weight is 231 g/mol. The quantitative estimate of drug-likeness (QED) is 0.881. The van der Waals surface area contributed by atoms with Crippen molar-refractivity contribution in [2.24, 2.45) is 0 Å². The number of benzene rings is 1. The van der Waals surface area contributed by atoms with Crippen molar-refractivity contribution in [2.45, 2.75) is 20.4 Å². The van der Waals surface area contributed by atoms with E-state index in [0.717, 1.165) is 11.4 Å². The molecule has 0 amide bonds. The molecule has 0 aliphatic carbocycles. The summed E-state index contributed by atoms with van der Waals surface area (Å²) in [6.07, 6.45) is 0. The van der Waals surface area contributed by atoms with Crippen LogP contribution in [0.3, 0.4) is 0 Å². The molecule has 17 heavy (non-hydrogen) atoms. The summed E-state index contributed by atoms with van der Waals surface area (Å²) < 4.78 is 5.09. The van der Waals surface area contributed by atoms with Gasteiger partial charge in [-0.05, 0) is 37.1 Å². The fourth-order valence-electron chi connectivity index (χ4n) is 1.69. The Kier molecular flexibility index (Phi) is 3.04. The Morgan fingerprint density at radius 1 is 1.24 bits per heavy atom. The highest BCUT2D eigenvalue weighted by Gasteiger charge is 2.07. The number of hydrogen-bond acceptors (Lipinski definition) is 4. The summed E-state index contributed by atoms with van der Waals surface area (Å²) in [6, 6.07) is 8.13. The Hall–Kier alpha value is -1.97. The van der Waals surface area contributed by atoms with Gasteiger partial charge in [0.15, 0.2) is 11.6 Å². The normalized spacial score (nSPS) is 10.5. The van der Waals surface area contributed by atoms with Gasteiger partial charge in [-0.1, -0.05) is 11.2 Å². The summed E-state index contributed by atoms with van der Waals surface area (Å²) in [5, 5.41) is 3.67. The molecule has 0 saturated heterocycles. The minimum atomic E-state index is 0.425. The van der Waals surface area contributed by atoms with Gasteiger partial charge in [-0.2, -0.15) is 0 Å². The van der Waals surface area contributed by atoms with Crippen molar-refractivity contribution in [2.75, 3.05) is 17.7 Å². The van der Waals surface area contributed by atoms with Crippen LogP contribution in [0.2, 0.25) is 0 Å². The fraction of sp³-hybridized carbons (Fsp3) is 0.308. The lowest BCUT2D eigenvalue weighted by Crippen LogP contribution is -2.16. The highest BCUT2D eigenvalue weighted by molar-refractivity contribution is 5.50. The van der Waals surface area contributed by atoms with Crippen LogP contribution >= 0.6 is 0 Å². The lowest BCUT2D eigenvalue weighted by Gasteiger charge is -2.18. The molecule has 0 aliphatic heterocycles. The van der Waals surface area contributed by atoms with E-state index in [1.807, 2.05) is 7.05 Å². The Bertz CT molecular complexity index is 519. The highest BCUT2D eigenvalue weighted by atomic mass is 16.5. The van der Waals surface area contributed by atoms with Gasteiger partial charge in [0.1, 0.15) is 0 Å². The van der Waals surface area contributed by atoms with Gasteiger partial charge >= 0.3 is 0 Å². The van der Waals surface area contributed by atoms with Gasteiger partial charge in [0.25, 0.3) is 0 Å². The fourth-order valence-corrected chi connectivity index (χ4v) is 1.69. The van der Waals surface area contributed by atoms with Crippen LogP contribution in [0.25, 0.3) is 0 Å². The number of rotatable bonds is 3. The van der Waals surface area contributed by atoms with Crippen LogP contribution < -0.4 is 10.6 Å². The van der Waals surface area contributed by atoms with Crippen molar-refractivity contribution in [3.8, 4) is 0 Å². The number of aryl methyl sites for hydroxylation is 2. The maximum atomic E-state index is 5.51. The van der Waals surface area contributed by atoms with Crippen molar-refractivity contribution >= 4 is 11.5 Å². The van der Waals surface area contributed by atoms with Crippen molar-refractivity contribution in [3.05, 3.63) is 41.2 Å². The third kappa shape index (κ3) is 2.58. The molecule has 4 nitrogen and oxygen atoms in total.